The molecule has 168 valence electrons. The van der Waals surface area contributed by atoms with Crippen LogP contribution in [0, 0.1) is 12.8 Å². The number of hydrogen-bond donors (Lipinski definition) is 0. The summed E-state index contributed by atoms with van der Waals surface area (Å²) >= 11 is 0. The quantitative estimate of drug-likeness (QED) is 0.599. The van der Waals surface area contributed by atoms with Crippen molar-refractivity contribution in [1.82, 2.24) is 28.7 Å². The second-order valence-corrected chi connectivity index (χ2v) is 11.7. The van der Waals surface area contributed by atoms with Crippen molar-refractivity contribution in [2.45, 2.75) is 77.3 Å². The average molecular weight is 445 g/mol. The van der Waals surface area contributed by atoms with Crippen molar-refractivity contribution in [2.75, 3.05) is 6.54 Å². The molecule has 0 aromatic carbocycles. The number of nitrogens with zero attached hydrogens (tertiary/aromatic N) is 6. The van der Waals surface area contributed by atoms with E-state index in [-0.39, 0.29) is 11.5 Å². The van der Waals surface area contributed by atoms with E-state index in [0.29, 0.717) is 29.6 Å². The monoisotopic (exact) mass is 444 g/mol. The maximum Gasteiger partial charge on any atom is 0.247 e. The molecule has 3 aromatic heterocycles. The summed E-state index contributed by atoms with van der Waals surface area (Å²) in [4.78, 5) is 4.75. The fourth-order valence-corrected chi connectivity index (χ4v) is 6.04. The number of sulfonamides is 1. The highest BCUT2D eigenvalue weighted by Gasteiger charge is 2.39. The van der Waals surface area contributed by atoms with Gasteiger partial charge in [0.1, 0.15) is 4.90 Å². The van der Waals surface area contributed by atoms with E-state index in [2.05, 4.69) is 44.7 Å². The molecular weight excluding hydrogens is 412 g/mol. The van der Waals surface area contributed by atoms with Gasteiger partial charge in [-0.15, -0.1) is 0 Å². The van der Waals surface area contributed by atoms with Gasteiger partial charge in [0.25, 0.3) is 0 Å². The standard InChI is InChI=1S/C22H32N6O2S/c1-15(2)13-26-14-19(16(3)24-26)31(29,30)27-11-7-8-17(27)18-9-10-23-21-12-20(22(4,5)6)25-28(18)21/h9-10,12,14-15,17H,7-8,11,13H2,1-6H3. The van der Waals surface area contributed by atoms with Gasteiger partial charge in [0.2, 0.25) is 10.0 Å². The lowest BCUT2D eigenvalue weighted by atomic mass is 9.93. The van der Waals surface area contributed by atoms with E-state index >= 15 is 0 Å². The van der Waals surface area contributed by atoms with Crippen molar-refractivity contribution in [3.63, 3.8) is 0 Å². The van der Waals surface area contributed by atoms with Crippen LogP contribution >= 0.6 is 0 Å². The molecule has 0 spiro atoms. The van der Waals surface area contributed by atoms with Gasteiger partial charge in [0, 0.05) is 37.0 Å². The molecule has 1 atom stereocenters. The maximum atomic E-state index is 13.7. The zero-order chi connectivity index (χ0) is 22.6. The summed E-state index contributed by atoms with van der Waals surface area (Å²) in [6, 6.07) is 3.59. The Morgan fingerprint density at radius 1 is 1.23 bits per heavy atom. The normalized spacial score (nSPS) is 18.5. The number of hydrogen-bond acceptors (Lipinski definition) is 5. The lowest BCUT2D eigenvalue weighted by molar-refractivity contribution is 0.384. The molecule has 1 aliphatic heterocycles. The van der Waals surface area contributed by atoms with E-state index in [1.807, 2.05) is 16.6 Å². The molecule has 1 unspecified atom stereocenters. The average Bonchev–Trinajstić information content (AvgIpc) is 3.37. The third-order valence-corrected chi connectivity index (χ3v) is 7.75. The summed E-state index contributed by atoms with van der Waals surface area (Å²) in [6.07, 6.45) is 4.98. The van der Waals surface area contributed by atoms with E-state index in [1.54, 1.807) is 28.3 Å². The van der Waals surface area contributed by atoms with Gasteiger partial charge in [-0.25, -0.2) is 17.9 Å². The molecule has 4 rings (SSSR count). The molecule has 31 heavy (non-hydrogen) atoms. The minimum atomic E-state index is -3.68. The Balaban J connectivity index is 1.75. The molecule has 0 saturated carbocycles. The Kier molecular flexibility index (Phi) is 5.46. The summed E-state index contributed by atoms with van der Waals surface area (Å²) < 4.78 is 32.5. The minimum Gasteiger partial charge on any atom is -0.271 e. The summed E-state index contributed by atoms with van der Waals surface area (Å²) in [6.45, 7) is 13.4. The Morgan fingerprint density at radius 3 is 2.65 bits per heavy atom. The fourth-order valence-electron chi connectivity index (χ4n) is 4.20. The first kappa shape index (κ1) is 22.0. The molecule has 0 radical (unpaired) electrons. The summed E-state index contributed by atoms with van der Waals surface area (Å²) in [7, 11) is -3.68. The van der Waals surface area contributed by atoms with Crippen LogP contribution in [0.15, 0.2) is 29.4 Å². The highest BCUT2D eigenvalue weighted by molar-refractivity contribution is 7.89. The second kappa shape index (κ2) is 7.70. The first-order valence-electron chi connectivity index (χ1n) is 10.9. The first-order chi connectivity index (χ1) is 14.5. The Morgan fingerprint density at radius 2 is 1.97 bits per heavy atom. The van der Waals surface area contributed by atoms with Crippen molar-refractivity contribution >= 4 is 15.7 Å². The predicted octanol–water partition coefficient (Wildman–Crippen LogP) is 3.71. The molecule has 4 heterocycles. The molecule has 9 heteroatoms. The van der Waals surface area contributed by atoms with E-state index in [9.17, 15) is 8.42 Å². The lowest BCUT2D eigenvalue weighted by Gasteiger charge is -2.24. The van der Waals surface area contributed by atoms with Crippen LogP contribution in [0.2, 0.25) is 0 Å². The van der Waals surface area contributed by atoms with Gasteiger partial charge in [-0.2, -0.15) is 14.5 Å². The van der Waals surface area contributed by atoms with E-state index in [1.165, 1.54) is 0 Å². The Bertz CT molecular complexity index is 1200. The molecule has 0 aliphatic carbocycles. The van der Waals surface area contributed by atoms with Gasteiger partial charge in [-0.3, -0.25) is 4.68 Å². The Labute approximate surface area is 184 Å². The van der Waals surface area contributed by atoms with Crippen molar-refractivity contribution < 1.29 is 8.42 Å². The summed E-state index contributed by atoms with van der Waals surface area (Å²) in [5.74, 6) is 0.385. The smallest absolute Gasteiger partial charge is 0.247 e. The number of aryl methyl sites for hydroxylation is 1. The van der Waals surface area contributed by atoms with Crippen molar-refractivity contribution in [2.24, 2.45) is 5.92 Å². The summed E-state index contributed by atoms with van der Waals surface area (Å²) in [5, 5.41) is 9.24. The van der Waals surface area contributed by atoms with Crippen LogP contribution in [-0.4, -0.2) is 43.6 Å². The molecule has 8 nitrogen and oxygen atoms in total. The second-order valence-electron chi connectivity index (χ2n) is 9.89. The van der Waals surface area contributed by atoms with Crippen LogP contribution in [0.3, 0.4) is 0 Å². The van der Waals surface area contributed by atoms with Gasteiger partial charge < -0.3 is 0 Å². The molecule has 1 fully saturated rings. The maximum absolute atomic E-state index is 13.7. The van der Waals surface area contributed by atoms with E-state index in [4.69, 9.17) is 5.10 Å². The molecule has 1 aliphatic rings. The summed E-state index contributed by atoms with van der Waals surface area (Å²) in [5.41, 5.74) is 2.96. The van der Waals surface area contributed by atoms with Crippen molar-refractivity contribution in [3.8, 4) is 0 Å². The lowest BCUT2D eigenvalue weighted by Crippen LogP contribution is -2.32. The van der Waals surface area contributed by atoms with Crippen LogP contribution in [0.1, 0.15) is 70.6 Å². The van der Waals surface area contributed by atoms with Crippen LogP contribution in [0.4, 0.5) is 0 Å². The van der Waals surface area contributed by atoms with Gasteiger partial charge in [-0.1, -0.05) is 34.6 Å². The molecule has 0 bridgehead atoms. The van der Waals surface area contributed by atoms with Gasteiger partial charge in [-0.05, 0) is 31.7 Å². The largest absolute Gasteiger partial charge is 0.271 e. The number of aromatic nitrogens is 5. The number of rotatable bonds is 5. The van der Waals surface area contributed by atoms with Gasteiger partial charge in [0.15, 0.2) is 5.65 Å². The van der Waals surface area contributed by atoms with Crippen LogP contribution in [0.5, 0.6) is 0 Å². The predicted molar refractivity (Wildman–Crippen MR) is 119 cm³/mol. The topological polar surface area (TPSA) is 85.4 Å². The highest BCUT2D eigenvalue weighted by atomic mass is 32.2. The van der Waals surface area contributed by atoms with Crippen molar-refractivity contribution in [3.05, 3.63) is 41.6 Å². The van der Waals surface area contributed by atoms with Crippen LogP contribution in [0.25, 0.3) is 5.65 Å². The van der Waals surface area contributed by atoms with Crippen LogP contribution < -0.4 is 0 Å². The first-order valence-corrected chi connectivity index (χ1v) is 12.3. The highest BCUT2D eigenvalue weighted by Crippen LogP contribution is 2.37. The van der Waals surface area contributed by atoms with E-state index < -0.39 is 10.0 Å². The molecule has 0 amide bonds. The van der Waals surface area contributed by atoms with E-state index in [0.717, 1.165) is 29.9 Å². The minimum absolute atomic E-state index is 0.117. The molecule has 1 saturated heterocycles. The zero-order valence-electron chi connectivity index (χ0n) is 19.2. The third kappa shape index (κ3) is 4.01. The van der Waals surface area contributed by atoms with Gasteiger partial charge >= 0.3 is 0 Å². The molecule has 3 aromatic rings. The SMILES string of the molecule is Cc1nn(CC(C)C)cc1S(=O)(=O)N1CCCC1c1ccnc2cc(C(C)(C)C)nn12. The number of fused-ring (bicyclic) bond motifs is 1. The fraction of sp³-hybridized carbons (Fsp3) is 0.591. The van der Waals surface area contributed by atoms with Crippen LogP contribution in [-0.2, 0) is 22.0 Å². The third-order valence-electron chi connectivity index (χ3n) is 5.74. The molecular formula is C22H32N6O2S. The Hall–Kier alpha value is -2.26. The van der Waals surface area contributed by atoms with Gasteiger partial charge in [0.05, 0.1) is 23.1 Å². The molecule has 0 N–H and O–H groups in total. The zero-order valence-corrected chi connectivity index (χ0v) is 20.0. The van der Waals surface area contributed by atoms with Crippen molar-refractivity contribution in [1.29, 1.82) is 0 Å².